The number of aryl methyl sites for hydroxylation is 1. The molecule has 0 atom stereocenters. The summed E-state index contributed by atoms with van der Waals surface area (Å²) in [6.07, 6.45) is 3.93. The first kappa shape index (κ1) is 20.0. The number of anilines is 1. The van der Waals surface area contributed by atoms with Crippen molar-refractivity contribution in [2.45, 2.75) is 25.4 Å². The van der Waals surface area contributed by atoms with Gasteiger partial charge in [0.2, 0.25) is 0 Å². The fourth-order valence-electron chi connectivity index (χ4n) is 4.32. The minimum atomic E-state index is 0.489. The van der Waals surface area contributed by atoms with Gasteiger partial charge in [-0.3, -0.25) is 4.68 Å². The number of halogens is 1. The van der Waals surface area contributed by atoms with Crippen molar-refractivity contribution in [3.05, 3.63) is 71.4 Å². The lowest BCUT2D eigenvalue weighted by molar-refractivity contribution is 0.413. The second-order valence-electron chi connectivity index (χ2n) is 8.03. The Morgan fingerprint density at radius 2 is 1.81 bits per heavy atom. The van der Waals surface area contributed by atoms with Crippen molar-refractivity contribution in [2.24, 2.45) is 7.05 Å². The molecule has 0 amide bonds. The lowest BCUT2D eigenvalue weighted by Gasteiger charge is -2.33. The predicted octanol–water partition coefficient (Wildman–Crippen LogP) is 4.44. The average molecular weight is 433 g/mol. The Kier molecular flexibility index (Phi) is 5.57. The quantitative estimate of drug-likeness (QED) is 0.505. The lowest BCUT2D eigenvalue weighted by atomic mass is 10.0. The number of nitrogens with one attached hydrogen (secondary N) is 1. The second kappa shape index (κ2) is 8.65. The summed E-state index contributed by atoms with van der Waals surface area (Å²) < 4.78 is 1.84. The molecule has 6 nitrogen and oxygen atoms in total. The summed E-state index contributed by atoms with van der Waals surface area (Å²) >= 11 is 6.10. The van der Waals surface area contributed by atoms with E-state index in [2.05, 4.69) is 55.8 Å². The Morgan fingerprint density at radius 3 is 2.55 bits per heavy atom. The van der Waals surface area contributed by atoms with E-state index in [1.165, 1.54) is 5.56 Å². The number of nitrogens with zero attached hydrogens (tertiary/aromatic N) is 5. The summed E-state index contributed by atoms with van der Waals surface area (Å²) in [5.74, 6) is 0.967. The van der Waals surface area contributed by atoms with Crippen LogP contribution >= 0.6 is 11.6 Å². The fourth-order valence-corrected chi connectivity index (χ4v) is 4.54. The molecule has 158 valence electrons. The Morgan fingerprint density at radius 1 is 1.00 bits per heavy atom. The van der Waals surface area contributed by atoms with Gasteiger partial charge in [-0.15, -0.1) is 10.2 Å². The average Bonchev–Trinajstić information content (AvgIpc) is 3.23. The van der Waals surface area contributed by atoms with Gasteiger partial charge >= 0.3 is 0 Å². The van der Waals surface area contributed by atoms with Gasteiger partial charge in [-0.1, -0.05) is 48.0 Å². The minimum absolute atomic E-state index is 0.489. The largest absolute Gasteiger partial charge is 0.354 e. The van der Waals surface area contributed by atoms with Crippen LogP contribution in [-0.4, -0.2) is 39.1 Å². The summed E-state index contributed by atoms with van der Waals surface area (Å²) in [4.78, 5) is 2.36. The molecule has 3 heterocycles. The smallest absolute Gasteiger partial charge is 0.159 e. The molecule has 1 N–H and O–H groups in total. The minimum Gasteiger partial charge on any atom is -0.354 e. The van der Waals surface area contributed by atoms with Gasteiger partial charge in [0, 0.05) is 54.7 Å². The summed E-state index contributed by atoms with van der Waals surface area (Å²) in [5.41, 5.74) is 3.06. The highest BCUT2D eigenvalue weighted by Crippen LogP contribution is 2.32. The fraction of sp³-hybridized carbons (Fsp3) is 0.292. The number of fused-ring (bicyclic) bond motifs is 1. The van der Waals surface area contributed by atoms with Crippen LogP contribution < -0.4 is 10.2 Å². The van der Waals surface area contributed by atoms with E-state index in [1.807, 2.05) is 36.0 Å². The van der Waals surface area contributed by atoms with E-state index in [0.717, 1.165) is 65.5 Å². The maximum Gasteiger partial charge on any atom is 0.159 e. The number of hydrogen-bond donors (Lipinski definition) is 1. The molecule has 0 bridgehead atoms. The first-order valence-corrected chi connectivity index (χ1v) is 11.0. The van der Waals surface area contributed by atoms with E-state index < -0.39 is 0 Å². The molecule has 1 aliphatic heterocycles. The van der Waals surface area contributed by atoms with Crippen LogP contribution in [0.15, 0.2) is 60.8 Å². The first-order chi connectivity index (χ1) is 15.2. The van der Waals surface area contributed by atoms with Crippen molar-refractivity contribution < 1.29 is 0 Å². The Labute approximate surface area is 186 Å². The van der Waals surface area contributed by atoms with Gasteiger partial charge in [-0.2, -0.15) is 5.10 Å². The Balaban J connectivity index is 1.32. The maximum atomic E-state index is 6.10. The molecule has 1 saturated heterocycles. The van der Waals surface area contributed by atoms with Gasteiger partial charge in [-0.05, 0) is 36.6 Å². The van der Waals surface area contributed by atoms with Crippen LogP contribution in [0, 0.1) is 0 Å². The maximum absolute atomic E-state index is 6.10. The monoisotopic (exact) mass is 432 g/mol. The Hall–Kier alpha value is -2.96. The van der Waals surface area contributed by atoms with Crippen LogP contribution in [0.5, 0.6) is 0 Å². The molecule has 2 aromatic heterocycles. The number of piperidine rings is 1. The molecular weight excluding hydrogens is 408 g/mol. The van der Waals surface area contributed by atoms with E-state index >= 15 is 0 Å². The zero-order valence-electron chi connectivity index (χ0n) is 17.5. The molecule has 0 aliphatic carbocycles. The summed E-state index contributed by atoms with van der Waals surface area (Å²) in [6.45, 7) is 2.75. The van der Waals surface area contributed by atoms with Gasteiger partial charge < -0.3 is 10.2 Å². The van der Waals surface area contributed by atoms with E-state index in [1.54, 1.807) is 6.20 Å². The summed E-state index contributed by atoms with van der Waals surface area (Å²) in [5, 5.41) is 20.3. The SMILES string of the molecule is Cn1nccc1-c1nnc(N2CCC(NCc3cccc(Cl)c3)CC2)c2ccccc12. The van der Waals surface area contributed by atoms with Crippen molar-refractivity contribution in [1.29, 1.82) is 0 Å². The van der Waals surface area contributed by atoms with Gasteiger partial charge in [0.05, 0.1) is 5.69 Å². The molecule has 5 rings (SSSR count). The predicted molar refractivity (Wildman–Crippen MR) is 125 cm³/mol. The summed E-state index contributed by atoms with van der Waals surface area (Å²) in [7, 11) is 1.93. The molecule has 0 saturated carbocycles. The lowest BCUT2D eigenvalue weighted by Crippen LogP contribution is -2.42. The molecule has 0 radical (unpaired) electrons. The zero-order chi connectivity index (χ0) is 21.2. The van der Waals surface area contributed by atoms with Crippen molar-refractivity contribution in [3.63, 3.8) is 0 Å². The van der Waals surface area contributed by atoms with Gasteiger partial charge in [0.15, 0.2) is 5.82 Å². The van der Waals surface area contributed by atoms with Gasteiger partial charge in [-0.25, -0.2) is 0 Å². The molecule has 0 unspecified atom stereocenters. The highest BCUT2D eigenvalue weighted by molar-refractivity contribution is 6.30. The number of rotatable bonds is 5. The molecule has 0 spiro atoms. The van der Waals surface area contributed by atoms with E-state index in [9.17, 15) is 0 Å². The molecular formula is C24H25ClN6. The normalized spacial score (nSPS) is 15.0. The second-order valence-corrected chi connectivity index (χ2v) is 8.47. The first-order valence-electron chi connectivity index (χ1n) is 10.7. The van der Waals surface area contributed by atoms with Gasteiger partial charge in [0.1, 0.15) is 5.69 Å². The molecule has 2 aromatic carbocycles. The van der Waals surface area contributed by atoms with E-state index in [-0.39, 0.29) is 0 Å². The van der Waals surface area contributed by atoms with Crippen molar-refractivity contribution in [1.82, 2.24) is 25.3 Å². The Bertz CT molecular complexity index is 1200. The van der Waals surface area contributed by atoms with Crippen LogP contribution in [0.25, 0.3) is 22.2 Å². The van der Waals surface area contributed by atoms with Crippen molar-refractivity contribution in [2.75, 3.05) is 18.0 Å². The number of aromatic nitrogens is 4. The van der Waals surface area contributed by atoms with Crippen LogP contribution in [0.1, 0.15) is 18.4 Å². The molecule has 7 heteroatoms. The molecule has 4 aromatic rings. The van der Waals surface area contributed by atoms with Crippen LogP contribution in [0.3, 0.4) is 0 Å². The third kappa shape index (κ3) is 4.13. The third-order valence-corrected chi connectivity index (χ3v) is 6.24. The van der Waals surface area contributed by atoms with E-state index in [0.29, 0.717) is 6.04 Å². The molecule has 31 heavy (non-hydrogen) atoms. The van der Waals surface area contributed by atoms with Crippen molar-refractivity contribution in [3.8, 4) is 11.4 Å². The topological polar surface area (TPSA) is 58.9 Å². The van der Waals surface area contributed by atoms with Crippen molar-refractivity contribution >= 4 is 28.2 Å². The standard InChI is InChI=1S/C24H25ClN6/c1-30-22(9-12-27-30)23-20-7-2-3-8-21(20)24(29-28-23)31-13-10-19(11-14-31)26-16-17-5-4-6-18(25)15-17/h2-9,12,15,19,26H,10-11,13-14,16H2,1H3. The summed E-state index contributed by atoms with van der Waals surface area (Å²) in [6, 6.07) is 18.9. The van der Waals surface area contributed by atoms with Crippen LogP contribution in [-0.2, 0) is 13.6 Å². The highest BCUT2D eigenvalue weighted by Gasteiger charge is 2.23. The number of benzene rings is 2. The van der Waals surface area contributed by atoms with E-state index in [4.69, 9.17) is 11.6 Å². The zero-order valence-corrected chi connectivity index (χ0v) is 18.3. The number of hydrogen-bond acceptors (Lipinski definition) is 5. The van der Waals surface area contributed by atoms with Crippen LogP contribution in [0.4, 0.5) is 5.82 Å². The molecule has 1 fully saturated rings. The highest BCUT2D eigenvalue weighted by atomic mass is 35.5. The third-order valence-electron chi connectivity index (χ3n) is 6.01. The van der Waals surface area contributed by atoms with Gasteiger partial charge in [0.25, 0.3) is 0 Å². The van der Waals surface area contributed by atoms with Crippen LogP contribution in [0.2, 0.25) is 5.02 Å². The molecule has 1 aliphatic rings.